The van der Waals surface area contributed by atoms with Crippen LogP contribution in [0.4, 0.5) is 0 Å². The Labute approximate surface area is 163 Å². The Hall–Kier alpha value is -2.89. The molecule has 4 aromatic rings. The van der Waals surface area contributed by atoms with E-state index >= 15 is 0 Å². The first-order valence-electron chi connectivity index (χ1n) is 8.26. The molecule has 5 rings (SSSR count). The maximum Gasteiger partial charge on any atom is 0.259 e. The number of hydrogen-bond acceptors (Lipinski definition) is 4. The van der Waals surface area contributed by atoms with E-state index in [0.29, 0.717) is 27.5 Å². The van der Waals surface area contributed by atoms with Gasteiger partial charge >= 0.3 is 0 Å². The second-order valence-electron chi connectivity index (χ2n) is 6.27. The minimum atomic E-state index is -0.394. The molecule has 6 heteroatoms. The normalized spacial score (nSPS) is 13.3. The minimum absolute atomic E-state index is 0.378. The van der Waals surface area contributed by atoms with Crippen LogP contribution in [-0.2, 0) is 0 Å². The molecule has 2 heterocycles. The van der Waals surface area contributed by atoms with Crippen molar-refractivity contribution in [2.45, 2.75) is 0 Å². The number of nitrogens with one attached hydrogen (secondary N) is 1. The molecule has 4 nitrogen and oxygen atoms in total. The average Bonchev–Trinajstić information content (AvgIpc) is 3.17. The summed E-state index contributed by atoms with van der Waals surface area (Å²) in [5, 5.41) is 4.66. The van der Waals surface area contributed by atoms with Crippen LogP contribution in [0, 0.1) is 0 Å². The summed E-state index contributed by atoms with van der Waals surface area (Å²) < 4.78 is 7.29. The maximum atomic E-state index is 12.7. The predicted octanol–water partition coefficient (Wildman–Crippen LogP) is 5.27. The van der Waals surface area contributed by atoms with Crippen molar-refractivity contribution < 1.29 is 14.3 Å². The van der Waals surface area contributed by atoms with Crippen molar-refractivity contribution in [2.24, 2.45) is 0 Å². The quantitative estimate of drug-likeness (QED) is 0.472. The van der Waals surface area contributed by atoms with Crippen LogP contribution in [0.5, 0.6) is 5.75 Å². The second kappa shape index (κ2) is 5.81. The molecule has 0 bridgehead atoms. The molecular weight excluding hydrogens is 382 g/mol. The van der Waals surface area contributed by atoms with Crippen LogP contribution in [0.25, 0.3) is 31.3 Å². The third-order valence-electron chi connectivity index (χ3n) is 4.81. The SMILES string of the molecule is COc1ccc2sc3cc(-c4ccccc4Cl)c4c(c3c2c1)C(=O)NC4=O. The molecule has 1 aliphatic heterocycles. The maximum absolute atomic E-state index is 12.7. The third-order valence-corrected chi connectivity index (χ3v) is 6.26. The molecule has 0 aliphatic carbocycles. The fraction of sp³-hybridized carbons (Fsp3) is 0.0476. The summed E-state index contributed by atoms with van der Waals surface area (Å²) in [5.74, 6) is -0.0682. The van der Waals surface area contributed by atoms with Crippen molar-refractivity contribution in [3.05, 3.63) is 64.7 Å². The molecule has 132 valence electrons. The number of ether oxygens (including phenoxy) is 1. The predicted molar refractivity (Wildman–Crippen MR) is 108 cm³/mol. The van der Waals surface area contributed by atoms with Crippen molar-refractivity contribution in [3.8, 4) is 16.9 Å². The van der Waals surface area contributed by atoms with Gasteiger partial charge in [-0.1, -0.05) is 29.8 Å². The lowest BCUT2D eigenvalue weighted by atomic mass is 9.93. The summed E-state index contributed by atoms with van der Waals surface area (Å²) in [7, 11) is 1.60. The first-order chi connectivity index (χ1) is 13.1. The van der Waals surface area contributed by atoms with E-state index < -0.39 is 5.91 Å². The van der Waals surface area contributed by atoms with Crippen molar-refractivity contribution in [3.63, 3.8) is 0 Å². The molecule has 0 atom stereocenters. The standard InChI is InChI=1S/C21H12ClNO3S/c1-26-10-6-7-15-13(8-10)17-16(27-15)9-12(11-4-2-3-5-14(11)22)18-19(17)21(25)23-20(18)24/h2-9H,1H3,(H,23,24,25). The molecule has 0 fully saturated rings. The highest BCUT2D eigenvalue weighted by atomic mass is 35.5. The number of benzene rings is 3. The average molecular weight is 394 g/mol. The molecule has 2 amide bonds. The Morgan fingerprint density at radius 3 is 2.48 bits per heavy atom. The first-order valence-corrected chi connectivity index (χ1v) is 9.46. The molecule has 0 radical (unpaired) electrons. The van der Waals surface area contributed by atoms with Crippen molar-refractivity contribution in [2.75, 3.05) is 7.11 Å². The number of carbonyl (C=O) groups excluding carboxylic acids is 2. The van der Waals surface area contributed by atoms with E-state index in [4.69, 9.17) is 16.3 Å². The van der Waals surface area contributed by atoms with Gasteiger partial charge in [-0.3, -0.25) is 14.9 Å². The van der Waals surface area contributed by atoms with Gasteiger partial charge < -0.3 is 4.74 Å². The van der Waals surface area contributed by atoms with Gasteiger partial charge in [0.15, 0.2) is 0 Å². The Balaban J connectivity index is 1.97. The molecular formula is C21H12ClNO3S. The van der Waals surface area contributed by atoms with Gasteiger partial charge in [-0.2, -0.15) is 0 Å². The first kappa shape index (κ1) is 16.3. The number of amides is 2. The zero-order chi connectivity index (χ0) is 18.7. The van der Waals surface area contributed by atoms with Gasteiger partial charge in [-0.25, -0.2) is 0 Å². The largest absolute Gasteiger partial charge is 0.497 e. The van der Waals surface area contributed by atoms with Crippen molar-refractivity contribution in [1.29, 1.82) is 0 Å². The fourth-order valence-corrected chi connectivity index (χ4v) is 5.00. The lowest BCUT2D eigenvalue weighted by Crippen LogP contribution is -2.20. The third kappa shape index (κ3) is 2.29. The zero-order valence-electron chi connectivity index (χ0n) is 14.1. The van der Waals surface area contributed by atoms with Gasteiger partial charge in [0.1, 0.15) is 5.75 Å². The highest BCUT2D eigenvalue weighted by Gasteiger charge is 2.34. The monoisotopic (exact) mass is 393 g/mol. The van der Waals surface area contributed by atoms with Crippen LogP contribution in [0.15, 0.2) is 48.5 Å². The molecule has 0 spiro atoms. The second-order valence-corrected chi connectivity index (χ2v) is 7.77. The molecule has 0 saturated heterocycles. The summed E-state index contributed by atoms with van der Waals surface area (Å²) in [4.78, 5) is 25.3. The molecule has 3 aromatic carbocycles. The Morgan fingerprint density at radius 2 is 1.70 bits per heavy atom. The highest BCUT2D eigenvalue weighted by Crippen LogP contribution is 2.44. The number of fused-ring (bicyclic) bond motifs is 5. The Kier molecular flexibility index (Phi) is 3.50. The van der Waals surface area contributed by atoms with E-state index in [0.717, 1.165) is 25.7 Å². The molecule has 0 saturated carbocycles. The number of methoxy groups -OCH3 is 1. The van der Waals surface area contributed by atoms with Crippen LogP contribution in [0.2, 0.25) is 5.02 Å². The topological polar surface area (TPSA) is 55.4 Å². The van der Waals surface area contributed by atoms with Crippen LogP contribution in [0.3, 0.4) is 0 Å². The number of hydrogen-bond donors (Lipinski definition) is 1. The lowest BCUT2D eigenvalue weighted by Gasteiger charge is -2.09. The van der Waals surface area contributed by atoms with Gasteiger partial charge in [-0.15, -0.1) is 11.3 Å². The summed E-state index contributed by atoms with van der Waals surface area (Å²) in [6.07, 6.45) is 0. The van der Waals surface area contributed by atoms with Gasteiger partial charge in [0.25, 0.3) is 11.8 Å². The molecule has 0 unspecified atom stereocenters. The van der Waals surface area contributed by atoms with Crippen LogP contribution in [-0.4, -0.2) is 18.9 Å². The van der Waals surface area contributed by atoms with Crippen LogP contribution < -0.4 is 10.1 Å². The summed E-state index contributed by atoms with van der Waals surface area (Å²) in [6, 6.07) is 15.0. The zero-order valence-corrected chi connectivity index (χ0v) is 15.7. The van der Waals surface area contributed by atoms with E-state index in [1.165, 1.54) is 0 Å². The van der Waals surface area contributed by atoms with E-state index in [1.807, 2.05) is 42.5 Å². The van der Waals surface area contributed by atoms with Gasteiger partial charge in [0.2, 0.25) is 0 Å². The van der Waals surface area contributed by atoms with Crippen molar-refractivity contribution in [1.82, 2.24) is 5.32 Å². The lowest BCUT2D eigenvalue weighted by molar-refractivity contribution is 0.0880. The van der Waals surface area contributed by atoms with Gasteiger partial charge in [-0.05, 0) is 35.9 Å². The smallest absolute Gasteiger partial charge is 0.259 e. The van der Waals surface area contributed by atoms with E-state index in [1.54, 1.807) is 24.5 Å². The van der Waals surface area contributed by atoms with E-state index in [-0.39, 0.29) is 5.91 Å². The number of rotatable bonds is 2. The number of carbonyl (C=O) groups is 2. The molecule has 1 aromatic heterocycles. The van der Waals surface area contributed by atoms with Gasteiger partial charge in [0.05, 0.1) is 18.2 Å². The minimum Gasteiger partial charge on any atom is -0.497 e. The molecule has 1 aliphatic rings. The Bertz CT molecular complexity index is 1290. The fourth-order valence-electron chi connectivity index (χ4n) is 3.63. The molecule has 27 heavy (non-hydrogen) atoms. The number of thiophene rings is 1. The van der Waals surface area contributed by atoms with Gasteiger partial charge in [0, 0.05) is 30.8 Å². The van der Waals surface area contributed by atoms with Crippen LogP contribution >= 0.6 is 22.9 Å². The van der Waals surface area contributed by atoms with Crippen molar-refractivity contribution >= 4 is 54.9 Å². The van der Waals surface area contributed by atoms with Crippen LogP contribution in [0.1, 0.15) is 20.7 Å². The highest BCUT2D eigenvalue weighted by molar-refractivity contribution is 7.26. The molecule has 1 N–H and O–H groups in total. The Morgan fingerprint density at radius 1 is 0.926 bits per heavy atom. The summed E-state index contributed by atoms with van der Waals surface area (Å²) >= 11 is 7.96. The van der Waals surface area contributed by atoms with E-state index in [2.05, 4.69) is 5.32 Å². The summed E-state index contributed by atoms with van der Waals surface area (Å²) in [6.45, 7) is 0. The number of imide groups is 1. The van der Waals surface area contributed by atoms with E-state index in [9.17, 15) is 9.59 Å². The number of halogens is 1. The summed E-state index contributed by atoms with van der Waals surface area (Å²) in [5.41, 5.74) is 2.19.